The molecule has 9 heteroatoms. The Morgan fingerprint density at radius 1 is 1.03 bits per heavy atom. The van der Waals surface area contributed by atoms with Crippen LogP contribution in [0, 0.1) is 11.7 Å². The van der Waals surface area contributed by atoms with Crippen molar-refractivity contribution in [2.75, 3.05) is 18.8 Å². The largest absolute Gasteiger partial charge is 0.347 e. The van der Waals surface area contributed by atoms with Crippen molar-refractivity contribution in [2.24, 2.45) is 5.92 Å². The van der Waals surface area contributed by atoms with Gasteiger partial charge in [0.2, 0.25) is 11.8 Å². The van der Waals surface area contributed by atoms with Gasteiger partial charge in [-0.15, -0.1) is 10.2 Å². The summed E-state index contributed by atoms with van der Waals surface area (Å²) in [7, 11) is 0. The minimum Gasteiger partial charge on any atom is -0.347 e. The van der Waals surface area contributed by atoms with E-state index < -0.39 is 0 Å². The van der Waals surface area contributed by atoms with Crippen LogP contribution in [0.5, 0.6) is 0 Å². The molecular formula is C28H32FN5O2S. The fourth-order valence-corrected chi connectivity index (χ4v) is 6.34. The minimum atomic E-state index is -0.313. The number of hydrogen-bond acceptors (Lipinski definition) is 5. The summed E-state index contributed by atoms with van der Waals surface area (Å²) >= 11 is 1.66. The molecule has 1 aliphatic heterocycles. The van der Waals surface area contributed by atoms with Gasteiger partial charge in [-0.25, -0.2) is 4.39 Å². The average Bonchev–Trinajstić information content (AvgIpc) is 3.51. The van der Waals surface area contributed by atoms with Crippen molar-refractivity contribution in [3.05, 3.63) is 71.8 Å². The average molecular weight is 522 g/mol. The summed E-state index contributed by atoms with van der Waals surface area (Å²) in [5.41, 5.74) is 1.87. The maximum Gasteiger partial charge on any atom is 0.240 e. The van der Waals surface area contributed by atoms with Crippen molar-refractivity contribution in [2.45, 2.75) is 56.1 Å². The van der Waals surface area contributed by atoms with Gasteiger partial charge >= 0.3 is 0 Å². The predicted molar refractivity (Wildman–Crippen MR) is 141 cm³/mol. The van der Waals surface area contributed by atoms with E-state index in [0.717, 1.165) is 22.2 Å². The molecule has 2 fully saturated rings. The molecule has 1 N–H and O–H groups in total. The van der Waals surface area contributed by atoms with Crippen LogP contribution in [-0.4, -0.2) is 50.3 Å². The van der Waals surface area contributed by atoms with Gasteiger partial charge in [-0.3, -0.25) is 14.2 Å². The van der Waals surface area contributed by atoms with E-state index in [1.807, 2.05) is 34.9 Å². The van der Waals surface area contributed by atoms with Gasteiger partial charge in [-0.1, -0.05) is 61.4 Å². The van der Waals surface area contributed by atoms with Crippen molar-refractivity contribution in [3.8, 4) is 5.69 Å². The number of benzene rings is 2. The van der Waals surface area contributed by atoms with E-state index in [4.69, 9.17) is 0 Å². The van der Waals surface area contributed by atoms with Crippen LogP contribution in [-0.2, 0) is 16.1 Å². The Bertz CT molecular complexity index is 1210. The van der Waals surface area contributed by atoms with Crippen molar-refractivity contribution >= 4 is 23.6 Å². The molecule has 2 heterocycles. The molecule has 0 radical (unpaired) electrons. The normalized spacial score (nSPS) is 18.4. The number of amides is 2. The van der Waals surface area contributed by atoms with Crippen molar-refractivity contribution in [1.29, 1.82) is 0 Å². The van der Waals surface area contributed by atoms with E-state index >= 15 is 0 Å². The Morgan fingerprint density at radius 2 is 1.78 bits per heavy atom. The molecule has 5 rings (SSSR count). The molecule has 0 unspecified atom stereocenters. The van der Waals surface area contributed by atoms with E-state index in [0.29, 0.717) is 24.7 Å². The van der Waals surface area contributed by atoms with Gasteiger partial charge in [-0.05, 0) is 48.6 Å². The minimum absolute atomic E-state index is 0.0101. The maximum absolute atomic E-state index is 13.6. The molecule has 0 bridgehead atoms. The predicted octanol–water partition coefficient (Wildman–Crippen LogP) is 4.71. The first-order valence-electron chi connectivity index (χ1n) is 13.0. The maximum atomic E-state index is 13.6. The molecule has 1 saturated heterocycles. The molecule has 1 aliphatic carbocycles. The van der Waals surface area contributed by atoms with Crippen molar-refractivity contribution in [1.82, 2.24) is 25.0 Å². The lowest BCUT2D eigenvalue weighted by molar-refractivity contribution is -0.133. The van der Waals surface area contributed by atoms with Crippen molar-refractivity contribution in [3.63, 3.8) is 0 Å². The molecule has 1 atom stereocenters. The zero-order valence-corrected chi connectivity index (χ0v) is 21.6. The molecule has 2 aromatic carbocycles. The van der Waals surface area contributed by atoms with Gasteiger partial charge < -0.3 is 10.2 Å². The Balaban J connectivity index is 1.23. The van der Waals surface area contributed by atoms with Crippen molar-refractivity contribution < 1.29 is 14.0 Å². The lowest BCUT2D eigenvalue weighted by Gasteiger charge is -2.21. The Morgan fingerprint density at radius 3 is 2.54 bits per heavy atom. The fourth-order valence-electron chi connectivity index (χ4n) is 5.18. The SMILES string of the molecule is O=C(CN1C[C@@H](c2ccccc2)CC1=O)NCc1nnc(SCC2CCCCC2)n1-c1ccc(F)cc1. The van der Waals surface area contributed by atoms with Crippen LogP contribution in [0.3, 0.4) is 0 Å². The highest BCUT2D eigenvalue weighted by Crippen LogP contribution is 2.31. The number of likely N-dealkylation sites (tertiary alicyclic amines) is 1. The van der Waals surface area contributed by atoms with Crippen LogP contribution in [0.4, 0.5) is 4.39 Å². The summed E-state index contributed by atoms with van der Waals surface area (Å²) in [6, 6.07) is 16.1. The second-order valence-corrected chi connectivity index (χ2v) is 10.9. The molecule has 1 saturated carbocycles. The first kappa shape index (κ1) is 25.4. The number of carbonyl (C=O) groups excluding carboxylic acids is 2. The molecule has 37 heavy (non-hydrogen) atoms. The molecule has 0 spiro atoms. The number of thioether (sulfide) groups is 1. The van der Waals surface area contributed by atoms with Crippen LogP contribution in [0.15, 0.2) is 59.8 Å². The lowest BCUT2D eigenvalue weighted by atomic mass is 9.91. The first-order valence-corrected chi connectivity index (χ1v) is 14.0. The van der Waals surface area contributed by atoms with Crippen LogP contribution >= 0.6 is 11.8 Å². The summed E-state index contributed by atoms with van der Waals surface area (Å²) < 4.78 is 15.5. The van der Waals surface area contributed by atoms with E-state index in [2.05, 4.69) is 15.5 Å². The smallest absolute Gasteiger partial charge is 0.240 e. The fraction of sp³-hybridized carbons (Fsp3) is 0.429. The molecule has 7 nitrogen and oxygen atoms in total. The molecule has 1 aromatic heterocycles. The van der Waals surface area contributed by atoms with Gasteiger partial charge in [0.15, 0.2) is 11.0 Å². The quantitative estimate of drug-likeness (QED) is 0.413. The summed E-state index contributed by atoms with van der Waals surface area (Å²) in [6.45, 7) is 0.706. The Hall–Kier alpha value is -3.20. The summed E-state index contributed by atoms with van der Waals surface area (Å²) in [6.07, 6.45) is 6.75. The third kappa shape index (κ3) is 6.39. The third-order valence-electron chi connectivity index (χ3n) is 7.22. The van der Waals surface area contributed by atoms with Gasteiger partial charge in [0.25, 0.3) is 0 Å². The zero-order chi connectivity index (χ0) is 25.6. The van der Waals surface area contributed by atoms with Gasteiger partial charge in [0.05, 0.1) is 13.1 Å². The molecule has 2 aliphatic rings. The van der Waals surface area contributed by atoms with Gasteiger partial charge in [0.1, 0.15) is 5.82 Å². The standard InChI is InChI=1S/C28H32FN5O2S/c29-23-11-13-24(14-12-23)34-25(31-32-28(34)37-19-20-7-3-1-4-8-20)16-30-26(35)18-33-17-22(15-27(33)36)21-9-5-2-6-10-21/h2,5-6,9-14,20,22H,1,3-4,7-8,15-19H2,(H,30,35)/t22-/m0/s1. The number of nitrogens with zero attached hydrogens (tertiary/aromatic N) is 4. The molecule has 2 amide bonds. The highest BCUT2D eigenvalue weighted by Gasteiger charge is 2.31. The monoisotopic (exact) mass is 521 g/mol. The van der Waals surface area contributed by atoms with Crippen LogP contribution in [0.1, 0.15) is 55.8 Å². The van der Waals surface area contributed by atoms with Crippen LogP contribution in [0.2, 0.25) is 0 Å². The molecule has 194 valence electrons. The van der Waals surface area contributed by atoms with Crippen LogP contribution in [0.25, 0.3) is 5.69 Å². The lowest BCUT2D eigenvalue weighted by Crippen LogP contribution is -2.38. The van der Waals surface area contributed by atoms with Gasteiger partial charge in [0, 0.05) is 30.3 Å². The van der Waals surface area contributed by atoms with E-state index in [9.17, 15) is 14.0 Å². The number of rotatable bonds is 9. The van der Waals surface area contributed by atoms with Gasteiger partial charge in [-0.2, -0.15) is 0 Å². The first-order chi connectivity index (χ1) is 18.1. The number of nitrogens with one attached hydrogen (secondary N) is 1. The Labute approximate surface area is 220 Å². The van der Waals surface area contributed by atoms with Crippen LogP contribution < -0.4 is 5.32 Å². The van der Waals surface area contributed by atoms with E-state index in [1.165, 1.54) is 44.2 Å². The van der Waals surface area contributed by atoms with E-state index in [1.54, 1.807) is 28.8 Å². The number of aromatic nitrogens is 3. The number of hydrogen-bond donors (Lipinski definition) is 1. The third-order valence-corrected chi connectivity index (χ3v) is 8.38. The summed E-state index contributed by atoms with van der Waals surface area (Å²) in [5.74, 6) is 1.73. The second-order valence-electron chi connectivity index (χ2n) is 9.89. The topological polar surface area (TPSA) is 80.1 Å². The number of carbonyl (C=O) groups is 2. The van der Waals surface area contributed by atoms with E-state index in [-0.39, 0.29) is 36.6 Å². The molecule has 3 aromatic rings. The highest BCUT2D eigenvalue weighted by atomic mass is 32.2. The second kappa shape index (κ2) is 11.9. The highest BCUT2D eigenvalue weighted by molar-refractivity contribution is 7.99. The number of halogens is 1. The Kier molecular flexibility index (Phi) is 8.18. The summed E-state index contributed by atoms with van der Waals surface area (Å²) in [5, 5.41) is 12.4. The summed E-state index contributed by atoms with van der Waals surface area (Å²) in [4.78, 5) is 26.9. The molecular weight excluding hydrogens is 489 g/mol. The zero-order valence-electron chi connectivity index (χ0n) is 20.8.